The summed E-state index contributed by atoms with van der Waals surface area (Å²) >= 11 is 3.40. The van der Waals surface area contributed by atoms with E-state index in [0.717, 1.165) is 10.9 Å². The van der Waals surface area contributed by atoms with E-state index in [0.29, 0.717) is 25.2 Å². The van der Waals surface area contributed by atoms with Crippen molar-refractivity contribution < 1.29 is 14.3 Å². The summed E-state index contributed by atoms with van der Waals surface area (Å²) < 4.78 is 6.41. The predicted molar refractivity (Wildman–Crippen MR) is 106 cm³/mol. The molecular formula is C20H29BrN2O3. The van der Waals surface area contributed by atoms with Crippen LogP contribution in [0.3, 0.4) is 0 Å². The molecule has 0 aliphatic carbocycles. The lowest BCUT2D eigenvalue weighted by Crippen LogP contribution is -2.41. The number of ether oxygens (including phenoxy) is 1. The smallest absolute Gasteiger partial charge is 0.410 e. The van der Waals surface area contributed by atoms with E-state index in [-0.39, 0.29) is 24.0 Å². The van der Waals surface area contributed by atoms with Gasteiger partial charge < -0.3 is 14.5 Å². The fourth-order valence-electron chi connectivity index (χ4n) is 3.04. The minimum atomic E-state index is -0.489. The summed E-state index contributed by atoms with van der Waals surface area (Å²) in [5.74, 6) is 0.299. The van der Waals surface area contributed by atoms with E-state index in [1.165, 1.54) is 0 Å². The molecule has 1 fully saturated rings. The van der Waals surface area contributed by atoms with Crippen LogP contribution in [-0.2, 0) is 4.74 Å². The molecule has 2 rings (SSSR count). The number of benzene rings is 1. The highest BCUT2D eigenvalue weighted by molar-refractivity contribution is 9.10. The molecule has 1 aliphatic heterocycles. The number of halogens is 1. The van der Waals surface area contributed by atoms with Crippen LogP contribution in [-0.4, -0.2) is 53.1 Å². The van der Waals surface area contributed by atoms with Crippen LogP contribution in [0.5, 0.6) is 0 Å². The van der Waals surface area contributed by atoms with Crippen molar-refractivity contribution in [1.82, 2.24) is 9.80 Å². The molecule has 2 amide bonds. The first kappa shape index (κ1) is 20.7. The van der Waals surface area contributed by atoms with Crippen molar-refractivity contribution in [3.8, 4) is 0 Å². The zero-order valence-corrected chi connectivity index (χ0v) is 17.9. The molecule has 144 valence electrons. The van der Waals surface area contributed by atoms with E-state index < -0.39 is 5.60 Å². The number of hydrogen-bond acceptors (Lipinski definition) is 3. The van der Waals surface area contributed by atoms with Crippen LogP contribution in [0.4, 0.5) is 4.79 Å². The van der Waals surface area contributed by atoms with Crippen LogP contribution in [0.15, 0.2) is 28.7 Å². The van der Waals surface area contributed by atoms with Gasteiger partial charge in [-0.1, -0.05) is 15.9 Å². The van der Waals surface area contributed by atoms with E-state index in [9.17, 15) is 9.59 Å². The summed E-state index contributed by atoms with van der Waals surface area (Å²) in [5.41, 5.74) is 0.195. The molecule has 0 radical (unpaired) electrons. The Hall–Kier alpha value is -1.56. The van der Waals surface area contributed by atoms with Gasteiger partial charge in [-0.15, -0.1) is 0 Å². The monoisotopic (exact) mass is 424 g/mol. The Balaban J connectivity index is 1.99. The van der Waals surface area contributed by atoms with Gasteiger partial charge in [0.05, 0.1) is 0 Å². The van der Waals surface area contributed by atoms with Crippen molar-refractivity contribution in [2.45, 2.75) is 52.7 Å². The third kappa shape index (κ3) is 5.73. The summed E-state index contributed by atoms with van der Waals surface area (Å²) in [6.07, 6.45) is 0.617. The zero-order chi connectivity index (χ0) is 19.5. The Bertz CT molecular complexity index is 637. The minimum Gasteiger partial charge on any atom is -0.444 e. The van der Waals surface area contributed by atoms with Gasteiger partial charge >= 0.3 is 6.09 Å². The molecule has 1 atom stereocenters. The van der Waals surface area contributed by atoms with Crippen molar-refractivity contribution in [3.05, 3.63) is 34.3 Å². The molecule has 1 saturated heterocycles. The maximum absolute atomic E-state index is 12.9. The second kappa shape index (κ2) is 8.42. The molecule has 26 heavy (non-hydrogen) atoms. The van der Waals surface area contributed by atoms with Crippen LogP contribution in [0, 0.1) is 5.92 Å². The van der Waals surface area contributed by atoms with Crippen LogP contribution in [0.1, 0.15) is 51.4 Å². The average molecular weight is 425 g/mol. The summed E-state index contributed by atoms with van der Waals surface area (Å²) in [6, 6.07) is 7.53. The maximum Gasteiger partial charge on any atom is 0.410 e. The first-order valence-electron chi connectivity index (χ1n) is 9.11. The molecular weight excluding hydrogens is 396 g/mol. The van der Waals surface area contributed by atoms with Crippen LogP contribution in [0.2, 0.25) is 0 Å². The zero-order valence-electron chi connectivity index (χ0n) is 16.3. The van der Waals surface area contributed by atoms with Crippen molar-refractivity contribution in [3.63, 3.8) is 0 Å². The molecule has 1 aromatic rings. The number of carbonyl (C=O) groups excluding carboxylic acids is 2. The Morgan fingerprint density at radius 3 is 2.42 bits per heavy atom. The fourth-order valence-corrected chi connectivity index (χ4v) is 3.30. The molecule has 5 nitrogen and oxygen atoms in total. The summed E-state index contributed by atoms with van der Waals surface area (Å²) in [4.78, 5) is 28.8. The molecule has 0 bridgehead atoms. The van der Waals surface area contributed by atoms with Crippen molar-refractivity contribution in [2.75, 3.05) is 19.6 Å². The van der Waals surface area contributed by atoms with Crippen molar-refractivity contribution in [1.29, 1.82) is 0 Å². The molecule has 0 N–H and O–H groups in total. The number of likely N-dealkylation sites (tertiary alicyclic amines) is 1. The molecule has 1 aliphatic rings. The largest absolute Gasteiger partial charge is 0.444 e. The Labute approximate surface area is 164 Å². The van der Waals surface area contributed by atoms with Gasteiger partial charge in [0.2, 0.25) is 0 Å². The third-order valence-corrected chi connectivity index (χ3v) is 4.90. The minimum absolute atomic E-state index is 0.0308. The topological polar surface area (TPSA) is 49.9 Å². The first-order valence-corrected chi connectivity index (χ1v) is 9.90. The van der Waals surface area contributed by atoms with Gasteiger partial charge in [0.15, 0.2) is 0 Å². The Morgan fingerprint density at radius 1 is 1.27 bits per heavy atom. The lowest BCUT2D eigenvalue weighted by atomic mass is 10.1. The van der Waals surface area contributed by atoms with Crippen molar-refractivity contribution in [2.24, 2.45) is 5.92 Å². The number of nitrogens with zero attached hydrogens (tertiary/aromatic N) is 2. The number of amides is 2. The Morgan fingerprint density at radius 2 is 1.88 bits per heavy atom. The highest BCUT2D eigenvalue weighted by Crippen LogP contribution is 2.22. The summed E-state index contributed by atoms with van der Waals surface area (Å²) in [5, 5.41) is 0. The molecule has 0 unspecified atom stereocenters. The van der Waals surface area contributed by atoms with E-state index in [4.69, 9.17) is 4.74 Å². The molecule has 0 aromatic heterocycles. The summed E-state index contributed by atoms with van der Waals surface area (Å²) in [7, 11) is 0. The molecule has 1 aromatic carbocycles. The lowest BCUT2D eigenvalue weighted by molar-refractivity contribution is 0.0285. The van der Waals surface area contributed by atoms with Gasteiger partial charge in [0.1, 0.15) is 5.60 Å². The van der Waals surface area contributed by atoms with E-state index in [2.05, 4.69) is 15.9 Å². The highest BCUT2D eigenvalue weighted by atomic mass is 79.9. The first-order chi connectivity index (χ1) is 12.1. The average Bonchev–Trinajstić information content (AvgIpc) is 2.99. The SMILES string of the molecule is CC(C)N(C[C@@H]1CCN(C(=O)OC(C)(C)C)C1)C(=O)c1ccc(Br)cc1. The quantitative estimate of drug-likeness (QED) is 0.711. The van der Waals surface area contributed by atoms with Crippen LogP contribution >= 0.6 is 15.9 Å². The van der Waals surface area contributed by atoms with Gasteiger partial charge in [0.25, 0.3) is 5.91 Å². The Kier molecular flexibility index (Phi) is 6.72. The third-order valence-electron chi connectivity index (χ3n) is 4.37. The van der Waals surface area contributed by atoms with Gasteiger partial charge in [-0.05, 0) is 71.2 Å². The summed E-state index contributed by atoms with van der Waals surface area (Å²) in [6.45, 7) is 11.6. The van der Waals surface area contributed by atoms with Gasteiger partial charge in [-0.2, -0.15) is 0 Å². The second-order valence-electron chi connectivity index (χ2n) is 8.14. The number of hydrogen-bond donors (Lipinski definition) is 0. The van der Waals surface area contributed by atoms with Crippen LogP contribution in [0.25, 0.3) is 0 Å². The van der Waals surface area contributed by atoms with E-state index in [1.54, 1.807) is 4.90 Å². The van der Waals surface area contributed by atoms with Gasteiger partial charge in [-0.25, -0.2) is 4.79 Å². The second-order valence-corrected chi connectivity index (χ2v) is 9.05. The standard InChI is InChI=1S/C20H29BrN2O3/c1-14(2)23(18(24)16-6-8-17(21)9-7-16)13-15-10-11-22(12-15)19(25)26-20(3,4)5/h6-9,14-15H,10-13H2,1-5H3/t15-/m1/s1. The van der Waals surface area contributed by atoms with Crippen molar-refractivity contribution >= 4 is 27.9 Å². The van der Waals surface area contributed by atoms with Gasteiger partial charge in [-0.3, -0.25) is 4.79 Å². The highest BCUT2D eigenvalue weighted by Gasteiger charge is 2.32. The normalized spacial score (nSPS) is 17.5. The molecule has 6 heteroatoms. The molecule has 0 saturated carbocycles. The van der Waals surface area contributed by atoms with E-state index in [1.807, 2.05) is 63.8 Å². The van der Waals surface area contributed by atoms with E-state index >= 15 is 0 Å². The lowest BCUT2D eigenvalue weighted by Gasteiger charge is -2.30. The molecule has 0 spiro atoms. The number of carbonyl (C=O) groups is 2. The molecule has 1 heterocycles. The fraction of sp³-hybridized carbons (Fsp3) is 0.600. The number of rotatable bonds is 4. The predicted octanol–water partition coefficient (Wildman–Crippen LogP) is 4.56. The van der Waals surface area contributed by atoms with Gasteiger partial charge in [0, 0.05) is 35.7 Å². The maximum atomic E-state index is 12.9. The van der Waals surface area contributed by atoms with Crippen LogP contribution < -0.4 is 0 Å².